The fraction of sp³-hybridized carbons (Fsp3) is 0.263. The Bertz CT molecular complexity index is 895. The summed E-state index contributed by atoms with van der Waals surface area (Å²) < 4.78 is 5.94. The molecule has 0 unspecified atom stereocenters. The maximum atomic E-state index is 12.7. The lowest BCUT2D eigenvalue weighted by Crippen LogP contribution is -2.31. The predicted molar refractivity (Wildman–Crippen MR) is 95.8 cm³/mol. The molecule has 6 nitrogen and oxygen atoms in total. The average Bonchev–Trinajstić information content (AvgIpc) is 3.33. The normalized spacial score (nSPS) is 16.8. The zero-order valence-electron chi connectivity index (χ0n) is 14.0. The molecule has 132 valence electrons. The first-order valence-corrected chi connectivity index (χ1v) is 8.86. The summed E-state index contributed by atoms with van der Waals surface area (Å²) in [5, 5.41) is 8.41. The van der Waals surface area contributed by atoms with E-state index in [1.807, 2.05) is 24.3 Å². The van der Waals surface area contributed by atoms with Crippen LogP contribution in [-0.2, 0) is 6.42 Å². The molecule has 1 amide bonds. The van der Waals surface area contributed by atoms with Gasteiger partial charge in [0.25, 0.3) is 5.91 Å². The molecule has 3 heterocycles. The molecular weight excluding hydrogens is 352 g/mol. The first-order valence-electron chi connectivity index (χ1n) is 8.48. The molecule has 0 bridgehead atoms. The maximum absolute atomic E-state index is 12.7. The summed E-state index contributed by atoms with van der Waals surface area (Å²) >= 11 is 5.92. The lowest BCUT2D eigenvalue weighted by molar-refractivity contribution is 0.0707. The van der Waals surface area contributed by atoms with Gasteiger partial charge in [-0.1, -0.05) is 23.7 Å². The van der Waals surface area contributed by atoms with Crippen molar-refractivity contribution < 1.29 is 9.21 Å². The number of halogens is 1. The Morgan fingerprint density at radius 1 is 1.27 bits per heavy atom. The van der Waals surface area contributed by atoms with E-state index in [0.29, 0.717) is 29.6 Å². The molecule has 0 aliphatic carbocycles. The van der Waals surface area contributed by atoms with Gasteiger partial charge in [0.05, 0.1) is 6.20 Å². The van der Waals surface area contributed by atoms with Crippen molar-refractivity contribution in [1.29, 1.82) is 0 Å². The molecule has 1 saturated heterocycles. The monoisotopic (exact) mass is 368 g/mol. The van der Waals surface area contributed by atoms with Crippen LogP contribution in [0, 0.1) is 0 Å². The van der Waals surface area contributed by atoms with E-state index in [2.05, 4.69) is 15.2 Å². The highest BCUT2D eigenvalue weighted by Crippen LogP contribution is 2.32. The number of benzene rings is 1. The Hall–Kier alpha value is -2.73. The second kappa shape index (κ2) is 7.25. The summed E-state index contributed by atoms with van der Waals surface area (Å²) in [5.41, 5.74) is 1.43. The lowest BCUT2D eigenvalue weighted by atomic mass is 10.1. The number of carbonyl (C=O) groups excluding carboxylic acids is 1. The van der Waals surface area contributed by atoms with Gasteiger partial charge in [0.2, 0.25) is 5.89 Å². The fourth-order valence-electron chi connectivity index (χ4n) is 3.19. The number of oxazole rings is 1. The van der Waals surface area contributed by atoms with Crippen molar-refractivity contribution in [1.82, 2.24) is 20.1 Å². The molecule has 1 atom stereocenters. The Balaban J connectivity index is 1.51. The number of nitrogens with zero attached hydrogens (tertiary/aromatic N) is 4. The minimum atomic E-state index is -0.163. The number of likely N-dealkylation sites (tertiary alicyclic amines) is 1. The summed E-state index contributed by atoms with van der Waals surface area (Å²) in [7, 11) is 0. The number of carbonyl (C=O) groups is 1. The molecule has 7 heteroatoms. The summed E-state index contributed by atoms with van der Waals surface area (Å²) in [6.45, 7) is 0.662. The van der Waals surface area contributed by atoms with Crippen LogP contribution in [0.25, 0.3) is 0 Å². The maximum Gasteiger partial charge on any atom is 0.275 e. The molecule has 2 aromatic heterocycles. The third-order valence-corrected chi connectivity index (χ3v) is 4.71. The van der Waals surface area contributed by atoms with Crippen LogP contribution in [0.15, 0.2) is 53.2 Å². The first kappa shape index (κ1) is 16.7. The highest BCUT2D eigenvalue weighted by atomic mass is 35.5. The van der Waals surface area contributed by atoms with Crippen LogP contribution in [-0.4, -0.2) is 32.5 Å². The van der Waals surface area contributed by atoms with Gasteiger partial charge in [-0.25, -0.2) is 4.98 Å². The molecule has 0 N–H and O–H groups in total. The van der Waals surface area contributed by atoms with Crippen LogP contribution in [0.4, 0.5) is 0 Å². The smallest absolute Gasteiger partial charge is 0.275 e. The molecule has 0 saturated carbocycles. The standard InChI is InChI=1S/C19H17ClN4O2/c20-14-7-5-13(6-8-14)11-15-12-21-18(26-15)17-4-2-10-24(17)19(25)16-3-1-9-22-23-16/h1,3,5-9,12,17H,2,4,10-11H2/t17-/m1/s1. The Kier molecular flexibility index (Phi) is 4.67. The molecular formula is C19H17ClN4O2. The van der Waals surface area contributed by atoms with Gasteiger partial charge in [-0.05, 0) is 42.7 Å². The molecule has 3 aromatic rings. The zero-order chi connectivity index (χ0) is 17.9. The van der Waals surface area contributed by atoms with Crippen LogP contribution in [0.1, 0.15) is 46.6 Å². The van der Waals surface area contributed by atoms with E-state index in [0.717, 1.165) is 24.2 Å². The van der Waals surface area contributed by atoms with Gasteiger partial charge < -0.3 is 9.32 Å². The second-order valence-corrected chi connectivity index (χ2v) is 6.67. The van der Waals surface area contributed by atoms with Gasteiger partial charge in [-0.3, -0.25) is 4.79 Å². The molecule has 4 rings (SSSR count). The summed E-state index contributed by atoms with van der Waals surface area (Å²) in [4.78, 5) is 18.9. The van der Waals surface area contributed by atoms with Crippen LogP contribution in [0.2, 0.25) is 5.02 Å². The van der Waals surface area contributed by atoms with Crippen LogP contribution < -0.4 is 0 Å². The van der Waals surface area contributed by atoms with Gasteiger partial charge in [0.1, 0.15) is 11.8 Å². The van der Waals surface area contributed by atoms with Crippen LogP contribution in [0.3, 0.4) is 0 Å². The quantitative estimate of drug-likeness (QED) is 0.702. The second-order valence-electron chi connectivity index (χ2n) is 6.23. The number of hydrogen-bond acceptors (Lipinski definition) is 5. The zero-order valence-corrected chi connectivity index (χ0v) is 14.8. The van der Waals surface area contributed by atoms with Gasteiger partial charge >= 0.3 is 0 Å². The minimum Gasteiger partial charge on any atom is -0.443 e. The summed E-state index contributed by atoms with van der Waals surface area (Å²) in [6, 6.07) is 10.9. The SMILES string of the molecule is O=C(c1cccnn1)N1CCC[C@@H]1c1ncc(Cc2ccc(Cl)cc2)o1. The van der Waals surface area contributed by atoms with Crippen molar-refractivity contribution in [2.45, 2.75) is 25.3 Å². The van der Waals surface area contributed by atoms with Gasteiger partial charge in [0.15, 0.2) is 5.69 Å². The van der Waals surface area contributed by atoms with E-state index in [1.54, 1.807) is 29.4 Å². The van der Waals surface area contributed by atoms with E-state index in [9.17, 15) is 4.79 Å². The fourth-order valence-corrected chi connectivity index (χ4v) is 3.32. The van der Waals surface area contributed by atoms with Crippen LogP contribution in [0.5, 0.6) is 0 Å². The van der Waals surface area contributed by atoms with Crippen molar-refractivity contribution >= 4 is 17.5 Å². The molecule has 1 aliphatic rings. The van der Waals surface area contributed by atoms with E-state index in [-0.39, 0.29) is 11.9 Å². The molecule has 1 fully saturated rings. The van der Waals surface area contributed by atoms with Crippen molar-refractivity contribution in [3.05, 3.63) is 76.7 Å². The molecule has 0 radical (unpaired) electrons. The minimum absolute atomic E-state index is 0.141. The van der Waals surface area contributed by atoms with Crippen molar-refractivity contribution in [3.8, 4) is 0 Å². The third-order valence-electron chi connectivity index (χ3n) is 4.45. The van der Waals surface area contributed by atoms with Gasteiger partial charge in [-0.15, -0.1) is 5.10 Å². The number of aromatic nitrogens is 3. The lowest BCUT2D eigenvalue weighted by Gasteiger charge is -2.21. The number of amides is 1. The average molecular weight is 369 g/mol. The molecule has 1 aromatic carbocycles. The highest BCUT2D eigenvalue weighted by Gasteiger charge is 2.34. The van der Waals surface area contributed by atoms with E-state index in [4.69, 9.17) is 16.0 Å². The van der Waals surface area contributed by atoms with Crippen molar-refractivity contribution in [2.75, 3.05) is 6.54 Å². The summed E-state index contributed by atoms with van der Waals surface area (Å²) in [6.07, 6.45) is 5.65. The van der Waals surface area contributed by atoms with Crippen molar-refractivity contribution in [2.24, 2.45) is 0 Å². The molecule has 1 aliphatic heterocycles. The number of hydrogen-bond donors (Lipinski definition) is 0. The Labute approximate surface area is 155 Å². The molecule has 0 spiro atoms. The van der Waals surface area contributed by atoms with E-state index >= 15 is 0 Å². The van der Waals surface area contributed by atoms with Gasteiger partial charge in [-0.2, -0.15) is 5.10 Å². The Morgan fingerprint density at radius 2 is 2.12 bits per heavy atom. The highest BCUT2D eigenvalue weighted by molar-refractivity contribution is 6.30. The largest absolute Gasteiger partial charge is 0.443 e. The topological polar surface area (TPSA) is 72.1 Å². The van der Waals surface area contributed by atoms with Gasteiger partial charge in [0, 0.05) is 24.2 Å². The molecule has 26 heavy (non-hydrogen) atoms. The number of rotatable bonds is 4. The van der Waals surface area contributed by atoms with E-state index < -0.39 is 0 Å². The van der Waals surface area contributed by atoms with Crippen LogP contribution >= 0.6 is 11.6 Å². The summed E-state index contributed by atoms with van der Waals surface area (Å²) in [5.74, 6) is 1.20. The third kappa shape index (κ3) is 3.46. The Morgan fingerprint density at radius 3 is 2.88 bits per heavy atom. The van der Waals surface area contributed by atoms with E-state index in [1.165, 1.54) is 0 Å². The first-order chi connectivity index (χ1) is 12.7. The van der Waals surface area contributed by atoms with Crippen molar-refractivity contribution in [3.63, 3.8) is 0 Å². The predicted octanol–water partition coefficient (Wildman–Crippen LogP) is 3.69.